The summed E-state index contributed by atoms with van der Waals surface area (Å²) in [5, 5.41) is 0. The number of carbonyl (C=O) groups is 2. The monoisotopic (exact) mass is 331 g/mol. The topological polar surface area (TPSA) is 37.4 Å². The number of aryl methyl sites for hydroxylation is 2. The maximum Gasteiger partial charge on any atom is 0.259 e. The fraction of sp³-hybridized carbons (Fsp3) is 0.182. The SMILES string of the molecule is Cc1ccc(C(=O)N(c2ccc(C)cc2)C2(C)C=CC(=O)C=C2)cc1. The van der Waals surface area contributed by atoms with Crippen molar-refractivity contribution in [2.24, 2.45) is 0 Å². The second kappa shape index (κ2) is 6.52. The summed E-state index contributed by atoms with van der Waals surface area (Å²) in [5.74, 6) is -0.167. The van der Waals surface area contributed by atoms with Crippen LogP contribution >= 0.6 is 0 Å². The van der Waals surface area contributed by atoms with Gasteiger partial charge in [-0.25, -0.2) is 0 Å². The Labute approximate surface area is 148 Å². The van der Waals surface area contributed by atoms with Crippen molar-refractivity contribution in [3.63, 3.8) is 0 Å². The number of hydrogen-bond donors (Lipinski definition) is 0. The molecule has 0 bridgehead atoms. The number of benzene rings is 2. The Bertz CT molecular complexity index is 842. The summed E-state index contributed by atoms with van der Waals surface area (Å²) < 4.78 is 0. The molecule has 3 nitrogen and oxygen atoms in total. The highest BCUT2D eigenvalue weighted by Gasteiger charge is 2.34. The summed E-state index contributed by atoms with van der Waals surface area (Å²) in [4.78, 5) is 26.6. The Hall–Kier alpha value is -2.94. The molecule has 0 unspecified atom stereocenters. The van der Waals surface area contributed by atoms with Crippen LogP contribution in [-0.4, -0.2) is 17.2 Å². The van der Waals surface area contributed by atoms with E-state index in [-0.39, 0.29) is 11.7 Å². The number of hydrogen-bond acceptors (Lipinski definition) is 2. The van der Waals surface area contributed by atoms with Crippen LogP contribution in [0.2, 0.25) is 0 Å². The van der Waals surface area contributed by atoms with E-state index in [0.717, 1.165) is 16.8 Å². The van der Waals surface area contributed by atoms with E-state index in [2.05, 4.69) is 0 Å². The molecule has 2 aromatic carbocycles. The van der Waals surface area contributed by atoms with Gasteiger partial charge in [0.1, 0.15) is 0 Å². The number of amides is 1. The van der Waals surface area contributed by atoms with Crippen molar-refractivity contribution in [3.05, 3.63) is 89.5 Å². The number of rotatable bonds is 3. The summed E-state index contributed by atoms with van der Waals surface area (Å²) in [6.07, 6.45) is 6.59. The van der Waals surface area contributed by atoms with Crippen LogP contribution in [-0.2, 0) is 4.79 Å². The quantitative estimate of drug-likeness (QED) is 0.836. The molecule has 2 aromatic rings. The third-order valence-electron chi connectivity index (χ3n) is 4.45. The number of nitrogens with zero attached hydrogens (tertiary/aromatic N) is 1. The molecule has 0 atom stereocenters. The van der Waals surface area contributed by atoms with Crippen LogP contribution in [0.1, 0.15) is 28.4 Å². The summed E-state index contributed by atoms with van der Waals surface area (Å²) in [6, 6.07) is 15.4. The first kappa shape index (κ1) is 16.9. The number of anilines is 1. The van der Waals surface area contributed by atoms with Gasteiger partial charge in [0.05, 0.1) is 5.54 Å². The summed E-state index contributed by atoms with van der Waals surface area (Å²) in [6.45, 7) is 5.93. The van der Waals surface area contributed by atoms with Crippen LogP contribution in [0.15, 0.2) is 72.8 Å². The Morgan fingerprint density at radius 1 is 0.840 bits per heavy atom. The Kier molecular flexibility index (Phi) is 4.41. The molecule has 0 spiro atoms. The minimum atomic E-state index is -0.703. The first-order valence-corrected chi connectivity index (χ1v) is 8.29. The first-order chi connectivity index (χ1) is 11.9. The molecule has 1 aliphatic rings. The molecule has 126 valence electrons. The fourth-order valence-corrected chi connectivity index (χ4v) is 2.90. The minimum Gasteiger partial charge on any atom is -0.296 e. The highest BCUT2D eigenvalue weighted by atomic mass is 16.2. The molecule has 1 amide bonds. The van der Waals surface area contributed by atoms with E-state index < -0.39 is 5.54 Å². The molecule has 0 saturated heterocycles. The van der Waals surface area contributed by atoms with Crippen molar-refractivity contribution in [1.29, 1.82) is 0 Å². The van der Waals surface area contributed by atoms with Gasteiger partial charge in [0.15, 0.2) is 5.78 Å². The fourth-order valence-electron chi connectivity index (χ4n) is 2.90. The molecule has 0 saturated carbocycles. The Balaban J connectivity index is 2.09. The molecule has 0 radical (unpaired) electrons. The van der Waals surface area contributed by atoms with E-state index in [0.29, 0.717) is 5.56 Å². The summed E-state index contributed by atoms with van der Waals surface area (Å²) in [5.41, 5.74) is 2.94. The zero-order valence-corrected chi connectivity index (χ0v) is 14.7. The second-order valence-corrected chi connectivity index (χ2v) is 6.64. The van der Waals surface area contributed by atoms with Gasteiger partial charge in [0.25, 0.3) is 5.91 Å². The standard InChI is InChI=1S/C22H21NO2/c1-16-4-8-18(9-5-16)21(25)23(19-10-6-17(2)7-11-19)22(3)14-12-20(24)13-15-22/h4-15H,1-3H3. The van der Waals surface area contributed by atoms with Crippen LogP contribution in [0.3, 0.4) is 0 Å². The Morgan fingerprint density at radius 2 is 1.32 bits per heavy atom. The van der Waals surface area contributed by atoms with Crippen LogP contribution in [0.25, 0.3) is 0 Å². The van der Waals surface area contributed by atoms with Crippen LogP contribution in [0.4, 0.5) is 5.69 Å². The number of allylic oxidation sites excluding steroid dienone is 2. The van der Waals surface area contributed by atoms with Crippen molar-refractivity contribution in [2.75, 3.05) is 4.90 Å². The third kappa shape index (κ3) is 3.45. The molecule has 0 aromatic heterocycles. The molecule has 0 fully saturated rings. The molecule has 3 heteroatoms. The molecule has 0 heterocycles. The van der Waals surface area contributed by atoms with E-state index in [4.69, 9.17) is 0 Å². The van der Waals surface area contributed by atoms with Crippen molar-refractivity contribution >= 4 is 17.4 Å². The Morgan fingerprint density at radius 3 is 1.84 bits per heavy atom. The van der Waals surface area contributed by atoms with E-state index >= 15 is 0 Å². The van der Waals surface area contributed by atoms with Crippen molar-refractivity contribution in [1.82, 2.24) is 0 Å². The third-order valence-corrected chi connectivity index (χ3v) is 4.45. The minimum absolute atomic E-state index is 0.0656. The van der Waals surface area contributed by atoms with Gasteiger partial charge < -0.3 is 0 Å². The van der Waals surface area contributed by atoms with Gasteiger partial charge in [0.2, 0.25) is 0 Å². The lowest BCUT2D eigenvalue weighted by Crippen LogP contribution is -2.48. The van der Waals surface area contributed by atoms with Crippen LogP contribution in [0, 0.1) is 13.8 Å². The lowest BCUT2D eigenvalue weighted by molar-refractivity contribution is -0.110. The van der Waals surface area contributed by atoms with Gasteiger partial charge in [0, 0.05) is 11.3 Å². The molecule has 3 rings (SSSR count). The molecular formula is C22H21NO2. The van der Waals surface area contributed by atoms with Crippen molar-refractivity contribution in [2.45, 2.75) is 26.3 Å². The molecule has 0 aliphatic heterocycles. The van der Waals surface area contributed by atoms with Crippen LogP contribution < -0.4 is 4.90 Å². The number of carbonyl (C=O) groups excluding carboxylic acids is 2. The van der Waals surface area contributed by atoms with E-state index in [1.807, 2.05) is 69.3 Å². The predicted octanol–water partition coefficient (Wildman–Crippen LogP) is 4.40. The highest BCUT2D eigenvalue weighted by Crippen LogP contribution is 2.31. The second-order valence-electron chi connectivity index (χ2n) is 6.64. The molecule has 25 heavy (non-hydrogen) atoms. The zero-order chi connectivity index (χ0) is 18.0. The van der Waals surface area contributed by atoms with Crippen molar-refractivity contribution in [3.8, 4) is 0 Å². The predicted molar refractivity (Wildman–Crippen MR) is 101 cm³/mol. The van der Waals surface area contributed by atoms with Gasteiger partial charge in [-0.3, -0.25) is 14.5 Å². The van der Waals surface area contributed by atoms with Gasteiger partial charge in [-0.05, 0) is 57.2 Å². The normalized spacial score (nSPS) is 15.2. The summed E-state index contributed by atoms with van der Waals surface area (Å²) in [7, 11) is 0. The first-order valence-electron chi connectivity index (χ1n) is 8.29. The summed E-state index contributed by atoms with van der Waals surface area (Å²) >= 11 is 0. The lowest BCUT2D eigenvalue weighted by atomic mass is 9.91. The van der Waals surface area contributed by atoms with Gasteiger partial charge in [-0.2, -0.15) is 0 Å². The highest BCUT2D eigenvalue weighted by molar-refractivity contribution is 6.09. The molecular weight excluding hydrogens is 310 g/mol. The average Bonchev–Trinajstić information content (AvgIpc) is 2.60. The van der Waals surface area contributed by atoms with Gasteiger partial charge in [-0.15, -0.1) is 0 Å². The van der Waals surface area contributed by atoms with E-state index in [9.17, 15) is 9.59 Å². The zero-order valence-electron chi connectivity index (χ0n) is 14.7. The largest absolute Gasteiger partial charge is 0.296 e. The van der Waals surface area contributed by atoms with Gasteiger partial charge >= 0.3 is 0 Å². The van der Waals surface area contributed by atoms with E-state index in [1.54, 1.807) is 17.1 Å². The average molecular weight is 331 g/mol. The molecule has 0 N–H and O–H groups in total. The number of ketones is 1. The smallest absolute Gasteiger partial charge is 0.259 e. The van der Waals surface area contributed by atoms with Gasteiger partial charge in [-0.1, -0.05) is 47.5 Å². The lowest BCUT2D eigenvalue weighted by Gasteiger charge is -2.38. The van der Waals surface area contributed by atoms with Crippen LogP contribution in [0.5, 0.6) is 0 Å². The van der Waals surface area contributed by atoms with Crippen molar-refractivity contribution < 1.29 is 9.59 Å². The maximum absolute atomic E-state index is 13.3. The molecule has 1 aliphatic carbocycles. The van der Waals surface area contributed by atoms with E-state index in [1.165, 1.54) is 12.2 Å². The maximum atomic E-state index is 13.3.